The summed E-state index contributed by atoms with van der Waals surface area (Å²) in [4.78, 5) is 10.5. The molecule has 0 aliphatic carbocycles. The van der Waals surface area contributed by atoms with E-state index in [1.165, 1.54) is 0 Å². The molecular formula is C12H14N4O2. The van der Waals surface area contributed by atoms with Gasteiger partial charge in [-0.1, -0.05) is 0 Å². The molecule has 0 bridgehead atoms. The fourth-order valence-corrected chi connectivity index (χ4v) is 1.80. The summed E-state index contributed by atoms with van der Waals surface area (Å²) in [5.74, 6) is 0. The van der Waals surface area contributed by atoms with Crippen LogP contribution in [0.1, 0.15) is 16.8 Å². The maximum atomic E-state index is 10.9. The second-order valence-corrected chi connectivity index (χ2v) is 4.15. The first-order chi connectivity index (χ1) is 8.58. The third kappa shape index (κ3) is 2.48. The summed E-state index contributed by atoms with van der Waals surface area (Å²) in [5.41, 5.74) is 3.48. The Morgan fingerprint density at radius 3 is 2.78 bits per heavy atom. The van der Waals surface area contributed by atoms with Gasteiger partial charge < -0.3 is 5.32 Å². The van der Waals surface area contributed by atoms with Crippen molar-refractivity contribution < 1.29 is 4.92 Å². The summed E-state index contributed by atoms with van der Waals surface area (Å²) in [7, 11) is 0. The second-order valence-electron chi connectivity index (χ2n) is 4.15. The minimum Gasteiger partial charge on any atom is -0.379 e. The zero-order chi connectivity index (χ0) is 13.1. The minimum absolute atomic E-state index is 0.132. The van der Waals surface area contributed by atoms with Gasteiger partial charge >= 0.3 is 0 Å². The summed E-state index contributed by atoms with van der Waals surface area (Å²) < 4.78 is 0. The van der Waals surface area contributed by atoms with Crippen LogP contribution in [0, 0.1) is 24.0 Å². The Kier molecular flexibility index (Phi) is 3.27. The maximum Gasteiger partial charge on any atom is 0.274 e. The Labute approximate surface area is 104 Å². The van der Waals surface area contributed by atoms with Crippen molar-refractivity contribution in [3.05, 3.63) is 51.3 Å². The minimum atomic E-state index is -0.365. The van der Waals surface area contributed by atoms with Crippen LogP contribution < -0.4 is 5.32 Å². The standard InChI is InChI=1S/C12H14N4O2/c1-8-5-9(2)12(16(17)18)6-11(8)13-7-10-3-4-14-15-10/h3-6,13H,7H2,1-2H3,(H,14,15). The molecule has 0 radical (unpaired) electrons. The maximum absolute atomic E-state index is 10.9. The number of nitro groups is 1. The smallest absolute Gasteiger partial charge is 0.274 e. The molecule has 0 saturated heterocycles. The van der Waals surface area contributed by atoms with Crippen molar-refractivity contribution in [2.45, 2.75) is 20.4 Å². The first-order valence-electron chi connectivity index (χ1n) is 5.55. The van der Waals surface area contributed by atoms with Gasteiger partial charge in [0.25, 0.3) is 5.69 Å². The van der Waals surface area contributed by atoms with Crippen LogP contribution >= 0.6 is 0 Å². The molecular weight excluding hydrogens is 232 g/mol. The molecule has 6 nitrogen and oxygen atoms in total. The zero-order valence-corrected chi connectivity index (χ0v) is 10.2. The van der Waals surface area contributed by atoms with Gasteiger partial charge in [0, 0.05) is 23.5 Å². The lowest BCUT2D eigenvalue weighted by atomic mass is 10.1. The third-order valence-corrected chi connectivity index (χ3v) is 2.77. The Hall–Kier alpha value is -2.37. The molecule has 0 atom stereocenters. The Bertz CT molecular complexity index is 564. The predicted molar refractivity (Wildman–Crippen MR) is 68.5 cm³/mol. The van der Waals surface area contributed by atoms with Gasteiger partial charge in [-0.3, -0.25) is 15.2 Å². The highest BCUT2D eigenvalue weighted by Crippen LogP contribution is 2.26. The van der Waals surface area contributed by atoms with Gasteiger partial charge in [0.2, 0.25) is 0 Å². The van der Waals surface area contributed by atoms with Crippen molar-refractivity contribution in [3.63, 3.8) is 0 Å². The molecule has 1 aromatic carbocycles. The second kappa shape index (κ2) is 4.87. The molecule has 0 aliphatic heterocycles. The molecule has 1 heterocycles. The number of anilines is 1. The van der Waals surface area contributed by atoms with Crippen LogP contribution in [-0.4, -0.2) is 15.1 Å². The van der Waals surface area contributed by atoms with Crippen LogP contribution in [0.15, 0.2) is 24.4 Å². The highest BCUT2D eigenvalue weighted by molar-refractivity contribution is 5.60. The zero-order valence-electron chi connectivity index (χ0n) is 10.2. The fourth-order valence-electron chi connectivity index (χ4n) is 1.80. The number of hydrogen-bond donors (Lipinski definition) is 2. The Balaban J connectivity index is 2.22. The van der Waals surface area contributed by atoms with E-state index in [0.717, 1.165) is 16.9 Å². The topological polar surface area (TPSA) is 83.8 Å². The summed E-state index contributed by atoms with van der Waals surface area (Å²) in [6.07, 6.45) is 1.67. The number of nitro benzene ring substituents is 1. The summed E-state index contributed by atoms with van der Waals surface area (Å²) in [6, 6.07) is 5.24. The molecule has 0 amide bonds. The lowest BCUT2D eigenvalue weighted by Crippen LogP contribution is -2.03. The van der Waals surface area contributed by atoms with E-state index in [9.17, 15) is 10.1 Å². The average Bonchev–Trinajstić information content (AvgIpc) is 2.80. The normalized spacial score (nSPS) is 10.3. The van der Waals surface area contributed by atoms with E-state index in [1.807, 2.05) is 19.1 Å². The fraction of sp³-hybridized carbons (Fsp3) is 0.250. The molecule has 2 N–H and O–H groups in total. The number of aryl methyl sites for hydroxylation is 2. The number of aromatic amines is 1. The molecule has 18 heavy (non-hydrogen) atoms. The number of nitrogens with one attached hydrogen (secondary N) is 2. The van der Waals surface area contributed by atoms with Crippen LogP contribution in [0.3, 0.4) is 0 Å². The van der Waals surface area contributed by atoms with Crippen molar-refractivity contribution in [1.82, 2.24) is 10.2 Å². The number of benzene rings is 1. The van der Waals surface area contributed by atoms with Gasteiger partial charge in [-0.15, -0.1) is 0 Å². The van der Waals surface area contributed by atoms with Crippen molar-refractivity contribution in [2.75, 3.05) is 5.32 Å². The van der Waals surface area contributed by atoms with Crippen molar-refractivity contribution in [3.8, 4) is 0 Å². The molecule has 2 aromatic rings. The lowest BCUT2D eigenvalue weighted by molar-refractivity contribution is -0.385. The average molecular weight is 246 g/mol. The third-order valence-electron chi connectivity index (χ3n) is 2.77. The number of hydrogen-bond acceptors (Lipinski definition) is 4. The van der Waals surface area contributed by atoms with E-state index >= 15 is 0 Å². The van der Waals surface area contributed by atoms with E-state index in [-0.39, 0.29) is 10.6 Å². The van der Waals surface area contributed by atoms with Gasteiger partial charge in [-0.25, -0.2) is 0 Å². The molecule has 0 aliphatic rings. The van der Waals surface area contributed by atoms with E-state index < -0.39 is 0 Å². The largest absolute Gasteiger partial charge is 0.379 e. The van der Waals surface area contributed by atoms with Crippen LogP contribution in [0.2, 0.25) is 0 Å². The van der Waals surface area contributed by atoms with E-state index in [4.69, 9.17) is 0 Å². The highest BCUT2D eigenvalue weighted by Gasteiger charge is 2.13. The molecule has 94 valence electrons. The van der Waals surface area contributed by atoms with Crippen molar-refractivity contribution >= 4 is 11.4 Å². The SMILES string of the molecule is Cc1cc(C)c([N+](=O)[O-])cc1NCc1ccn[nH]1. The summed E-state index contributed by atoms with van der Waals surface area (Å²) in [5, 5.41) is 20.7. The van der Waals surface area contributed by atoms with Gasteiger partial charge in [-0.2, -0.15) is 5.10 Å². The molecule has 1 aromatic heterocycles. The number of nitrogens with zero attached hydrogens (tertiary/aromatic N) is 2. The Morgan fingerprint density at radius 2 is 2.17 bits per heavy atom. The first-order valence-corrected chi connectivity index (χ1v) is 5.55. The quantitative estimate of drug-likeness (QED) is 0.641. The summed E-state index contributed by atoms with van der Waals surface area (Å²) in [6.45, 7) is 4.22. The van der Waals surface area contributed by atoms with E-state index in [2.05, 4.69) is 15.5 Å². The summed E-state index contributed by atoms with van der Waals surface area (Å²) >= 11 is 0. The van der Waals surface area contributed by atoms with Crippen molar-refractivity contribution in [2.24, 2.45) is 0 Å². The lowest BCUT2D eigenvalue weighted by Gasteiger charge is -2.09. The van der Waals surface area contributed by atoms with Gasteiger partial charge in [0.15, 0.2) is 0 Å². The van der Waals surface area contributed by atoms with Crippen LogP contribution in [-0.2, 0) is 6.54 Å². The highest BCUT2D eigenvalue weighted by atomic mass is 16.6. The molecule has 0 fully saturated rings. The van der Waals surface area contributed by atoms with Gasteiger partial charge in [-0.05, 0) is 31.5 Å². The van der Waals surface area contributed by atoms with Crippen LogP contribution in [0.25, 0.3) is 0 Å². The van der Waals surface area contributed by atoms with Crippen LogP contribution in [0.4, 0.5) is 11.4 Å². The molecule has 0 spiro atoms. The number of H-pyrrole nitrogens is 1. The molecule has 0 saturated carbocycles. The van der Waals surface area contributed by atoms with Gasteiger partial charge in [0.1, 0.15) is 0 Å². The van der Waals surface area contributed by atoms with E-state index in [1.54, 1.807) is 19.2 Å². The monoisotopic (exact) mass is 246 g/mol. The molecule has 6 heteroatoms. The van der Waals surface area contributed by atoms with E-state index in [0.29, 0.717) is 12.1 Å². The van der Waals surface area contributed by atoms with Crippen LogP contribution in [0.5, 0.6) is 0 Å². The first kappa shape index (κ1) is 12.1. The number of rotatable bonds is 4. The van der Waals surface area contributed by atoms with Crippen molar-refractivity contribution in [1.29, 1.82) is 0 Å². The predicted octanol–water partition coefficient (Wildman–Crippen LogP) is 2.55. The Morgan fingerprint density at radius 1 is 1.39 bits per heavy atom. The molecule has 2 rings (SSSR count). The van der Waals surface area contributed by atoms with Gasteiger partial charge in [0.05, 0.1) is 17.2 Å². The number of aromatic nitrogens is 2. The molecule has 0 unspecified atom stereocenters.